The zero-order valence-corrected chi connectivity index (χ0v) is 12.9. The molecule has 0 bridgehead atoms. The Bertz CT molecular complexity index is 555. The number of furan rings is 1. The van der Waals surface area contributed by atoms with E-state index < -0.39 is 18.2 Å². The average Bonchev–Trinajstić information content (AvgIpc) is 3.02. The van der Waals surface area contributed by atoms with E-state index in [2.05, 4.69) is 10.5 Å². The third-order valence-electron chi connectivity index (χ3n) is 3.00. The van der Waals surface area contributed by atoms with Crippen molar-refractivity contribution >= 4 is 5.97 Å². The maximum Gasteiger partial charge on any atom is 0.335 e. The SMILES string of the molecule is CCOC(=O)[C@H](O)CC(=C=CC[C@@H](O)c1ccc(CO)o1)CO. The van der Waals surface area contributed by atoms with Gasteiger partial charge in [0.2, 0.25) is 0 Å². The number of hydrogen-bond acceptors (Lipinski definition) is 7. The molecular formula is C16H22O7. The Labute approximate surface area is 134 Å². The largest absolute Gasteiger partial charge is 0.464 e. The second-order valence-corrected chi connectivity index (χ2v) is 4.80. The highest BCUT2D eigenvalue weighted by Crippen LogP contribution is 2.20. The van der Waals surface area contributed by atoms with E-state index in [-0.39, 0.29) is 32.7 Å². The van der Waals surface area contributed by atoms with Gasteiger partial charge in [-0.1, -0.05) is 0 Å². The first kappa shape index (κ1) is 19.2. The lowest BCUT2D eigenvalue weighted by atomic mass is 10.1. The van der Waals surface area contributed by atoms with Crippen LogP contribution in [0.4, 0.5) is 0 Å². The fourth-order valence-corrected chi connectivity index (χ4v) is 1.81. The number of carbonyl (C=O) groups excluding carboxylic acids is 1. The van der Waals surface area contributed by atoms with Gasteiger partial charge in [-0.05, 0) is 30.7 Å². The molecule has 1 aromatic rings. The summed E-state index contributed by atoms with van der Waals surface area (Å²) in [7, 11) is 0. The van der Waals surface area contributed by atoms with E-state index in [1.165, 1.54) is 6.08 Å². The number of carbonyl (C=O) groups is 1. The van der Waals surface area contributed by atoms with Crippen molar-refractivity contribution in [2.45, 2.75) is 38.6 Å². The molecule has 7 heteroatoms. The lowest BCUT2D eigenvalue weighted by Gasteiger charge is -2.09. The number of aliphatic hydroxyl groups excluding tert-OH is 4. The topological polar surface area (TPSA) is 120 Å². The highest BCUT2D eigenvalue weighted by Gasteiger charge is 2.17. The van der Waals surface area contributed by atoms with Gasteiger partial charge in [-0.2, -0.15) is 0 Å². The van der Waals surface area contributed by atoms with Crippen molar-refractivity contribution in [2.75, 3.05) is 13.2 Å². The summed E-state index contributed by atoms with van der Waals surface area (Å²) >= 11 is 0. The van der Waals surface area contributed by atoms with Crippen LogP contribution < -0.4 is 0 Å². The van der Waals surface area contributed by atoms with Gasteiger partial charge in [-0.15, -0.1) is 5.73 Å². The van der Waals surface area contributed by atoms with E-state index in [0.717, 1.165) is 0 Å². The molecule has 0 amide bonds. The van der Waals surface area contributed by atoms with Crippen molar-refractivity contribution in [3.63, 3.8) is 0 Å². The molecular weight excluding hydrogens is 304 g/mol. The molecule has 1 aromatic heterocycles. The molecule has 0 saturated heterocycles. The molecule has 2 atom stereocenters. The Hall–Kier alpha value is -1.89. The summed E-state index contributed by atoms with van der Waals surface area (Å²) in [6, 6.07) is 3.12. The summed E-state index contributed by atoms with van der Waals surface area (Å²) in [6.45, 7) is 1.17. The Kier molecular flexibility index (Phi) is 8.32. The van der Waals surface area contributed by atoms with Gasteiger partial charge in [0, 0.05) is 12.8 Å². The third-order valence-corrected chi connectivity index (χ3v) is 3.00. The maximum absolute atomic E-state index is 11.3. The minimum Gasteiger partial charge on any atom is -0.464 e. The van der Waals surface area contributed by atoms with Crippen LogP contribution in [0.5, 0.6) is 0 Å². The van der Waals surface area contributed by atoms with E-state index in [9.17, 15) is 20.1 Å². The minimum atomic E-state index is -1.36. The van der Waals surface area contributed by atoms with Crippen LogP contribution in [0.2, 0.25) is 0 Å². The first-order valence-corrected chi connectivity index (χ1v) is 7.27. The van der Waals surface area contributed by atoms with Gasteiger partial charge < -0.3 is 29.6 Å². The number of hydrogen-bond donors (Lipinski definition) is 4. The van der Waals surface area contributed by atoms with Crippen molar-refractivity contribution < 1.29 is 34.4 Å². The van der Waals surface area contributed by atoms with Gasteiger partial charge in [0.15, 0.2) is 6.10 Å². The molecule has 0 saturated carbocycles. The maximum atomic E-state index is 11.3. The molecule has 0 aliphatic rings. The van der Waals surface area contributed by atoms with Crippen molar-refractivity contribution in [1.29, 1.82) is 0 Å². The van der Waals surface area contributed by atoms with Crippen molar-refractivity contribution in [2.24, 2.45) is 0 Å². The van der Waals surface area contributed by atoms with Crippen molar-refractivity contribution in [3.05, 3.63) is 41.0 Å². The third kappa shape index (κ3) is 6.40. The van der Waals surface area contributed by atoms with Crippen LogP contribution in [0.15, 0.2) is 33.9 Å². The second-order valence-electron chi connectivity index (χ2n) is 4.80. The molecule has 7 nitrogen and oxygen atoms in total. The Morgan fingerprint density at radius 3 is 2.70 bits per heavy atom. The molecule has 0 aliphatic heterocycles. The normalized spacial score (nSPS) is 13.1. The van der Waals surface area contributed by atoms with E-state index in [4.69, 9.17) is 9.52 Å². The summed E-state index contributed by atoms with van der Waals surface area (Å²) in [6.07, 6.45) is -0.734. The van der Waals surface area contributed by atoms with Gasteiger partial charge in [0.05, 0.1) is 13.2 Å². The van der Waals surface area contributed by atoms with Gasteiger partial charge in [0.1, 0.15) is 24.2 Å². The summed E-state index contributed by atoms with van der Waals surface area (Å²) in [5.74, 6) is -0.0937. The zero-order chi connectivity index (χ0) is 17.2. The molecule has 0 spiro atoms. The Balaban J connectivity index is 2.62. The lowest BCUT2D eigenvalue weighted by Crippen LogP contribution is -2.23. The van der Waals surface area contributed by atoms with Crippen LogP contribution in [-0.2, 0) is 16.1 Å². The van der Waals surface area contributed by atoms with Gasteiger partial charge in [0.25, 0.3) is 0 Å². The smallest absolute Gasteiger partial charge is 0.335 e. The zero-order valence-electron chi connectivity index (χ0n) is 12.9. The van der Waals surface area contributed by atoms with Gasteiger partial charge >= 0.3 is 5.97 Å². The summed E-state index contributed by atoms with van der Waals surface area (Å²) in [5, 5.41) is 37.6. The van der Waals surface area contributed by atoms with Crippen LogP contribution in [0.25, 0.3) is 0 Å². The Morgan fingerprint density at radius 2 is 2.13 bits per heavy atom. The van der Waals surface area contributed by atoms with Crippen LogP contribution in [0.3, 0.4) is 0 Å². The molecule has 0 unspecified atom stereocenters. The molecule has 4 N–H and O–H groups in total. The van der Waals surface area contributed by atoms with Crippen molar-refractivity contribution in [1.82, 2.24) is 0 Å². The van der Waals surface area contributed by atoms with Crippen LogP contribution in [0, 0.1) is 0 Å². The minimum absolute atomic E-state index is 0.0999. The first-order valence-electron chi connectivity index (χ1n) is 7.27. The van der Waals surface area contributed by atoms with Gasteiger partial charge in [-0.3, -0.25) is 0 Å². The van der Waals surface area contributed by atoms with Crippen LogP contribution in [0.1, 0.15) is 37.4 Å². The number of ether oxygens (including phenoxy) is 1. The quantitative estimate of drug-likeness (QED) is 0.387. The highest BCUT2D eigenvalue weighted by atomic mass is 16.5. The molecule has 0 aromatic carbocycles. The molecule has 0 fully saturated rings. The second kappa shape index (κ2) is 9.99. The van der Waals surface area contributed by atoms with Gasteiger partial charge in [-0.25, -0.2) is 4.79 Å². The van der Waals surface area contributed by atoms with Crippen LogP contribution in [-0.4, -0.2) is 45.7 Å². The van der Waals surface area contributed by atoms with E-state index in [1.54, 1.807) is 19.1 Å². The van der Waals surface area contributed by atoms with E-state index in [0.29, 0.717) is 17.1 Å². The summed E-state index contributed by atoms with van der Waals surface area (Å²) in [5.41, 5.74) is 3.05. The fraction of sp³-hybridized carbons (Fsp3) is 0.500. The molecule has 128 valence electrons. The van der Waals surface area contributed by atoms with Crippen LogP contribution >= 0.6 is 0 Å². The number of rotatable bonds is 9. The Morgan fingerprint density at radius 1 is 1.39 bits per heavy atom. The van der Waals surface area contributed by atoms with Crippen molar-refractivity contribution in [3.8, 4) is 0 Å². The first-order chi connectivity index (χ1) is 11.0. The van der Waals surface area contributed by atoms with E-state index in [1.807, 2.05) is 0 Å². The number of aliphatic hydroxyl groups is 4. The predicted octanol–water partition coefficient (Wildman–Crippen LogP) is 0.583. The highest BCUT2D eigenvalue weighted by molar-refractivity contribution is 5.74. The number of esters is 1. The molecule has 0 radical (unpaired) electrons. The average molecular weight is 326 g/mol. The standard InChI is InChI=1S/C16H22O7/c1-2-22-16(21)14(20)8-11(9-17)4-3-5-13(19)15-7-6-12(10-18)23-15/h3,6-7,13-14,17-20H,2,5,8-10H2,1H3/t4?,13-,14-/m1/s1. The van der Waals surface area contributed by atoms with E-state index >= 15 is 0 Å². The summed E-state index contributed by atoms with van der Waals surface area (Å²) < 4.78 is 9.86. The fourth-order valence-electron chi connectivity index (χ4n) is 1.81. The summed E-state index contributed by atoms with van der Waals surface area (Å²) in [4.78, 5) is 11.3. The molecule has 23 heavy (non-hydrogen) atoms. The lowest BCUT2D eigenvalue weighted by molar-refractivity contribution is -0.152. The monoisotopic (exact) mass is 326 g/mol. The molecule has 0 aliphatic carbocycles. The molecule has 1 heterocycles. The predicted molar refractivity (Wildman–Crippen MR) is 80.1 cm³/mol. The molecule has 1 rings (SSSR count).